The first kappa shape index (κ1) is 19.5. The van der Waals surface area contributed by atoms with Gasteiger partial charge in [0.15, 0.2) is 6.10 Å². The summed E-state index contributed by atoms with van der Waals surface area (Å²) < 4.78 is 31.9. The Bertz CT molecular complexity index is 776. The molecule has 1 aromatic carbocycles. The number of benzene rings is 1. The minimum absolute atomic E-state index is 0.0315. The Morgan fingerprint density at radius 3 is 2.50 bits per heavy atom. The number of carbonyl (C=O) groups is 3. The fourth-order valence-electron chi connectivity index (χ4n) is 1.93. The summed E-state index contributed by atoms with van der Waals surface area (Å²) in [7, 11) is 0. The lowest BCUT2D eigenvalue weighted by Gasteiger charge is -2.14. The zero-order valence-corrected chi connectivity index (χ0v) is 14.6. The summed E-state index contributed by atoms with van der Waals surface area (Å²) in [6.07, 6.45) is -1.41. The highest BCUT2D eigenvalue weighted by molar-refractivity contribution is 7.08. The summed E-state index contributed by atoms with van der Waals surface area (Å²) >= 11 is 1.37. The molecule has 2 rings (SSSR count). The molecule has 9 heteroatoms. The van der Waals surface area contributed by atoms with Gasteiger partial charge in [-0.2, -0.15) is 11.3 Å². The summed E-state index contributed by atoms with van der Waals surface area (Å²) in [5.74, 6) is -3.79. The second-order valence-electron chi connectivity index (χ2n) is 5.24. The first-order valence-electron chi connectivity index (χ1n) is 7.63. The molecule has 1 atom stereocenters. The number of thiophene rings is 1. The van der Waals surface area contributed by atoms with Crippen LogP contribution in [0, 0.1) is 11.6 Å². The number of para-hydroxylation sites is 1. The van der Waals surface area contributed by atoms with Gasteiger partial charge in [0.1, 0.15) is 17.3 Å². The van der Waals surface area contributed by atoms with Crippen molar-refractivity contribution >= 4 is 34.8 Å². The fraction of sp³-hybridized carbons (Fsp3) is 0.235. The fourth-order valence-corrected chi connectivity index (χ4v) is 2.56. The van der Waals surface area contributed by atoms with Gasteiger partial charge in [0, 0.05) is 17.5 Å². The summed E-state index contributed by atoms with van der Waals surface area (Å²) in [6.45, 7) is 1.31. The Morgan fingerprint density at radius 1 is 1.19 bits per heavy atom. The smallest absolute Gasteiger partial charge is 0.308 e. The van der Waals surface area contributed by atoms with Gasteiger partial charge in [0.05, 0.1) is 6.42 Å². The molecule has 0 bridgehead atoms. The molecule has 0 saturated heterocycles. The van der Waals surface area contributed by atoms with E-state index in [0.29, 0.717) is 5.56 Å². The molecule has 6 nitrogen and oxygen atoms in total. The van der Waals surface area contributed by atoms with E-state index in [-0.39, 0.29) is 18.9 Å². The number of esters is 1. The monoisotopic (exact) mass is 382 g/mol. The Hall–Kier alpha value is -2.81. The van der Waals surface area contributed by atoms with Crippen LogP contribution in [0.4, 0.5) is 14.5 Å². The summed E-state index contributed by atoms with van der Waals surface area (Å²) in [5, 5.41) is 8.00. The van der Waals surface area contributed by atoms with E-state index in [4.69, 9.17) is 4.74 Å². The molecule has 1 unspecified atom stereocenters. The largest absolute Gasteiger partial charge is 0.452 e. The van der Waals surface area contributed by atoms with Crippen LogP contribution in [0.5, 0.6) is 0 Å². The highest BCUT2D eigenvalue weighted by atomic mass is 32.1. The van der Waals surface area contributed by atoms with Crippen molar-refractivity contribution in [3.8, 4) is 0 Å². The number of nitrogens with one attached hydrogen (secondary N) is 2. The molecule has 0 aliphatic rings. The van der Waals surface area contributed by atoms with Gasteiger partial charge in [-0.15, -0.1) is 0 Å². The van der Waals surface area contributed by atoms with Crippen LogP contribution < -0.4 is 10.6 Å². The topological polar surface area (TPSA) is 84.5 Å². The van der Waals surface area contributed by atoms with Gasteiger partial charge in [0.25, 0.3) is 11.8 Å². The molecule has 0 saturated carbocycles. The number of carbonyl (C=O) groups excluding carboxylic acids is 3. The van der Waals surface area contributed by atoms with E-state index in [2.05, 4.69) is 5.32 Å². The molecule has 0 radical (unpaired) electrons. The van der Waals surface area contributed by atoms with Crippen molar-refractivity contribution in [2.75, 3.05) is 11.9 Å². The molecular formula is C17H16F2N2O4S. The van der Waals surface area contributed by atoms with E-state index in [9.17, 15) is 23.2 Å². The molecule has 1 aromatic heterocycles. The Morgan fingerprint density at radius 2 is 1.88 bits per heavy atom. The predicted molar refractivity (Wildman–Crippen MR) is 91.8 cm³/mol. The van der Waals surface area contributed by atoms with Crippen LogP contribution in [-0.4, -0.2) is 30.4 Å². The lowest BCUT2D eigenvalue weighted by Crippen LogP contribution is -2.32. The third kappa shape index (κ3) is 5.35. The quantitative estimate of drug-likeness (QED) is 0.721. The maximum Gasteiger partial charge on any atom is 0.308 e. The molecule has 0 spiro atoms. The van der Waals surface area contributed by atoms with Crippen molar-refractivity contribution in [2.45, 2.75) is 19.4 Å². The van der Waals surface area contributed by atoms with E-state index in [1.807, 2.05) is 5.32 Å². The van der Waals surface area contributed by atoms with Crippen LogP contribution in [0.15, 0.2) is 35.0 Å². The molecule has 0 aliphatic heterocycles. The Kier molecular flexibility index (Phi) is 6.79. The highest BCUT2D eigenvalue weighted by Crippen LogP contribution is 2.18. The van der Waals surface area contributed by atoms with Crippen molar-refractivity contribution in [1.82, 2.24) is 5.32 Å². The number of anilines is 1. The molecule has 0 fully saturated rings. The SMILES string of the molecule is CC(OC(=O)CCNC(=O)c1ccsc1)C(=O)Nc1c(F)cccc1F. The average Bonchev–Trinajstić information content (AvgIpc) is 3.12. The van der Waals surface area contributed by atoms with Crippen LogP contribution in [-0.2, 0) is 14.3 Å². The van der Waals surface area contributed by atoms with E-state index in [1.54, 1.807) is 16.8 Å². The lowest BCUT2D eigenvalue weighted by atomic mass is 10.2. The molecule has 138 valence electrons. The van der Waals surface area contributed by atoms with Crippen molar-refractivity contribution in [3.63, 3.8) is 0 Å². The van der Waals surface area contributed by atoms with Gasteiger partial charge in [-0.25, -0.2) is 8.78 Å². The van der Waals surface area contributed by atoms with E-state index < -0.39 is 35.3 Å². The van der Waals surface area contributed by atoms with Crippen LogP contribution in [0.1, 0.15) is 23.7 Å². The summed E-state index contributed by atoms with van der Waals surface area (Å²) in [6, 6.07) is 4.79. The number of halogens is 2. The maximum absolute atomic E-state index is 13.5. The molecule has 2 N–H and O–H groups in total. The van der Waals surface area contributed by atoms with Crippen LogP contribution in [0.2, 0.25) is 0 Å². The second-order valence-corrected chi connectivity index (χ2v) is 6.02. The van der Waals surface area contributed by atoms with Gasteiger partial charge >= 0.3 is 5.97 Å². The normalized spacial score (nSPS) is 11.5. The molecular weight excluding hydrogens is 366 g/mol. The van der Waals surface area contributed by atoms with Crippen molar-refractivity contribution in [2.24, 2.45) is 0 Å². The maximum atomic E-state index is 13.5. The van der Waals surface area contributed by atoms with Crippen molar-refractivity contribution in [1.29, 1.82) is 0 Å². The zero-order valence-electron chi connectivity index (χ0n) is 13.8. The van der Waals surface area contributed by atoms with Crippen LogP contribution in [0.3, 0.4) is 0 Å². The van der Waals surface area contributed by atoms with Crippen LogP contribution in [0.25, 0.3) is 0 Å². The summed E-state index contributed by atoms with van der Waals surface area (Å²) in [5.41, 5.74) is -0.119. The minimum Gasteiger partial charge on any atom is -0.452 e. The Labute approximate surface area is 152 Å². The molecule has 2 aromatic rings. The highest BCUT2D eigenvalue weighted by Gasteiger charge is 2.20. The number of ether oxygens (including phenoxy) is 1. The number of hydrogen-bond donors (Lipinski definition) is 2. The third-order valence-electron chi connectivity index (χ3n) is 3.29. The average molecular weight is 382 g/mol. The van der Waals surface area contributed by atoms with E-state index in [1.165, 1.54) is 18.3 Å². The van der Waals surface area contributed by atoms with Gasteiger partial charge in [-0.3, -0.25) is 14.4 Å². The number of amides is 2. The molecule has 0 aliphatic carbocycles. The third-order valence-corrected chi connectivity index (χ3v) is 3.97. The van der Waals surface area contributed by atoms with Crippen LogP contribution >= 0.6 is 11.3 Å². The predicted octanol–water partition coefficient (Wildman–Crippen LogP) is 2.72. The molecule has 2 amide bonds. The number of rotatable bonds is 7. The van der Waals surface area contributed by atoms with Crippen molar-refractivity contribution in [3.05, 3.63) is 52.2 Å². The minimum atomic E-state index is -1.26. The molecule has 26 heavy (non-hydrogen) atoms. The van der Waals surface area contributed by atoms with E-state index >= 15 is 0 Å². The van der Waals surface area contributed by atoms with Gasteiger partial charge in [-0.05, 0) is 30.5 Å². The lowest BCUT2D eigenvalue weighted by molar-refractivity contribution is -0.153. The first-order chi connectivity index (χ1) is 12.4. The molecule has 1 heterocycles. The van der Waals surface area contributed by atoms with E-state index in [0.717, 1.165) is 18.2 Å². The first-order valence-corrected chi connectivity index (χ1v) is 8.57. The Balaban J connectivity index is 1.77. The van der Waals surface area contributed by atoms with Gasteiger partial charge < -0.3 is 15.4 Å². The standard InChI is InChI=1S/C17H16F2N2O4S/c1-10(16(23)21-15-12(18)3-2-4-13(15)19)25-14(22)5-7-20-17(24)11-6-8-26-9-11/h2-4,6,8-10H,5,7H2,1H3,(H,20,24)(H,21,23). The second kappa shape index (κ2) is 9.04. The van der Waals surface area contributed by atoms with Gasteiger partial charge in [0.2, 0.25) is 0 Å². The van der Waals surface area contributed by atoms with Gasteiger partial charge in [-0.1, -0.05) is 6.07 Å². The number of hydrogen-bond acceptors (Lipinski definition) is 5. The zero-order chi connectivity index (χ0) is 19.1. The summed E-state index contributed by atoms with van der Waals surface area (Å²) in [4.78, 5) is 35.3. The van der Waals surface area contributed by atoms with Crippen molar-refractivity contribution < 1.29 is 27.9 Å².